The highest BCUT2D eigenvalue weighted by Gasteiger charge is 2.09. The highest BCUT2D eigenvalue weighted by atomic mass is 32.2. The Kier molecular flexibility index (Phi) is 3.49. The molecule has 0 spiro atoms. The molecule has 0 saturated heterocycles. The van der Waals surface area contributed by atoms with Crippen molar-refractivity contribution in [3.63, 3.8) is 0 Å². The molecule has 2 rings (SSSR count). The van der Waals surface area contributed by atoms with Gasteiger partial charge in [-0.25, -0.2) is 9.37 Å². The lowest BCUT2D eigenvalue weighted by Gasteiger charge is -2.01. The lowest BCUT2D eigenvalue weighted by atomic mass is 10.2. The molecule has 1 aromatic carbocycles. The first-order valence-electron chi connectivity index (χ1n) is 5.10. The van der Waals surface area contributed by atoms with Gasteiger partial charge in [-0.1, -0.05) is 0 Å². The van der Waals surface area contributed by atoms with Gasteiger partial charge in [0.1, 0.15) is 11.6 Å². The predicted octanol–water partition coefficient (Wildman–Crippen LogP) is 3.07. The Hall–Kier alpha value is -1.33. The largest absolute Gasteiger partial charge is 0.436 e. The highest BCUT2D eigenvalue weighted by Crippen LogP contribution is 2.29. The Labute approximate surface area is 103 Å². The van der Waals surface area contributed by atoms with E-state index in [9.17, 15) is 4.39 Å². The Bertz CT molecular complexity index is 520. The molecule has 0 aliphatic carbocycles. The van der Waals surface area contributed by atoms with Crippen molar-refractivity contribution in [2.24, 2.45) is 0 Å². The van der Waals surface area contributed by atoms with E-state index in [2.05, 4.69) is 4.98 Å². The number of oxazole rings is 1. The second kappa shape index (κ2) is 4.89. The summed E-state index contributed by atoms with van der Waals surface area (Å²) in [6, 6.07) is 4.40. The molecule has 3 nitrogen and oxygen atoms in total. The Balaban J connectivity index is 2.26. The van der Waals surface area contributed by atoms with Crippen LogP contribution in [0.1, 0.15) is 17.0 Å². The molecule has 1 heterocycles. The number of nitrogens with zero attached hydrogens (tertiary/aromatic N) is 1. The lowest BCUT2D eigenvalue weighted by molar-refractivity contribution is 0.281. The summed E-state index contributed by atoms with van der Waals surface area (Å²) in [4.78, 5) is 4.86. The molecule has 0 saturated carbocycles. The summed E-state index contributed by atoms with van der Waals surface area (Å²) in [6.07, 6.45) is 0. The zero-order valence-corrected chi connectivity index (χ0v) is 10.3. The average molecular weight is 253 g/mol. The topological polar surface area (TPSA) is 46.3 Å². The van der Waals surface area contributed by atoms with Crippen molar-refractivity contribution >= 4 is 11.8 Å². The third-order valence-corrected chi connectivity index (χ3v) is 3.15. The first-order valence-corrected chi connectivity index (χ1v) is 5.92. The second-order valence-electron chi connectivity index (χ2n) is 3.68. The van der Waals surface area contributed by atoms with Gasteiger partial charge >= 0.3 is 0 Å². The third-order valence-electron chi connectivity index (χ3n) is 2.33. The van der Waals surface area contributed by atoms with Crippen LogP contribution in [0.5, 0.6) is 0 Å². The van der Waals surface area contributed by atoms with Crippen LogP contribution in [0.25, 0.3) is 0 Å². The zero-order valence-electron chi connectivity index (χ0n) is 9.53. The molecule has 0 atom stereocenters. The number of aliphatic hydroxyl groups excluding tert-OH is 1. The van der Waals surface area contributed by atoms with Gasteiger partial charge in [0.25, 0.3) is 5.22 Å². The molecule has 0 aliphatic heterocycles. The monoisotopic (exact) mass is 253 g/mol. The van der Waals surface area contributed by atoms with Gasteiger partial charge < -0.3 is 9.52 Å². The number of halogens is 1. The molecule has 0 fully saturated rings. The number of hydrogen-bond donors (Lipinski definition) is 1. The van der Waals surface area contributed by atoms with Crippen molar-refractivity contribution in [3.05, 3.63) is 41.0 Å². The van der Waals surface area contributed by atoms with E-state index < -0.39 is 0 Å². The Morgan fingerprint density at radius 1 is 1.35 bits per heavy atom. The molecule has 0 unspecified atom stereocenters. The van der Waals surface area contributed by atoms with Crippen LogP contribution in [-0.4, -0.2) is 10.1 Å². The summed E-state index contributed by atoms with van der Waals surface area (Å²) >= 11 is 1.24. The fraction of sp³-hybridized carbons (Fsp3) is 0.250. The van der Waals surface area contributed by atoms with Crippen LogP contribution in [0.4, 0.5) is 4.39 Å². The maximum atomic E-state index is 13.2. The van der Waals surface area contributed by atoms with Crippen molar-refractivity contribution in [2.75, 3.05) is 0 Å². The van der Waals surface area contributed by atoms with E-state index in [0.29, 0.717) is 15.7 Å². The first kappa shape index (κ1) is 12.1. The van der Waals surface area contributed by atoms with Crippen LogP contribution in [-0.2, 0) is 6.61 Å². The van der Waals surface area contributed by atoms with Crippen LogP contribution in [0, 0.1) is 19.7 Å². The smallest absolute Gasteiger partial charge is 0.260 e. The number of aromatic nitrogens is 1. The van der Waals surface area contributed by atoms with Crippen molar-refractivity contribution < 1.29 is 13.9 Å². The van der Waals surface area contributed by atoms with Gasteiger partial charge in [-0.3, -0.25) is 0 Å². The standard InChI is InChI=1S/C12H12FNO2S/c1-7-8(2)16-12(14-7)17-11-4-9(6-15)3-10(13)5-11/h3-5,15H,6H2,1-2H3. The van der Waals surface area contributed by atoms with E-state index in [-0.39, 0.29) is 12.4 Å². The first-order chi connectivity index (χ1) is 8.08. The molecule has 5 heteroatoms. The van der Waals surface area contributed by atoms with Gasteiger partial charge in [0.2, 0.25) is 0 Å². The fourth-order valence-corrected chi connectivity index (χ4v) is 2.29. The van der Waals surface area contributed by atoms with E-state index in [1.807, 2.05) is 13.8 Å². The number of aryl methyl sites for hydroxylation is 2. The summed E-state index contributed by atoms with van der Waals surface area (Å²) in [5.74, 6) is 0.380. The van der Waals surface area contributed by atoms with Crippen LogP contribution < -0.4 is 0 Å². The van der Waals surface area contributed by atoms with E-state index in [1.54, 1.807) is 6.07 Å². The Morgan fingerprint density at radius 3 is 2.71 bits per heavy atom. The minimum atomic E-state index is -0.376. The number of rotatable bonds is 3. The minimum Gasteiger partial charge on any atom is -0.436 e. The SMILES string of the molecule is Cc1nc(Sc2cc(F)cc(CO)c2)oc1C. The van der Waals surface area contributed by atoms with Crippen LogP contribution in [0.15, 0.2) is 32.7 Å². The normalized spacial score (nSPS) is 10.8. The van der Waals surface area contributed by atoms with Crippen molar-refractivity contribution in [2.45, 2.75) is 30.6 Å². The molecule has 0 amide bonds. The Morgan fingerprint density at radius 2 is 2.12 bits per heavy atom. The third kappa shape index (κ3) is 2.87. The molecule has 0 bridgehead atoms. The van der Waals surface area contributed by atoms with Gasteiger partial charge in [-0.05, 0) is 49.4 Å². The maximum absolute atomic E-state index is 13.2. The number of aliphatic hydroxyl groups is 1. The molecule has 17 heavy (non-hydrogen) atoms. The molecule has 2 aromatic rings. The summed E-state index contributed by atoms with van der Waals surface area (Å²) in [6.45, 7) is 3.50. The van der Waals surface area contributed by atoms with Crippen LogP contribution in [0.2, 0.25) is 0 Å². The molecular weight excluding hydrogens is 241 g/mol. The van der Waals surface area contributed by atoms with Crippen molar-refractivity contribution in [1.29, 1.82) is 0 Å². The number of hydrogen-bond acceptors (Lipinski definition) is 4. The molecular formula is C12H12FNO2S. The van der Waals surface area contributed by atoms with E-state index >= 15 is 0 Å². The fourth-order valence-electron chi connectivity index (χ4n) is 1.36. The molecule has 1 N–H and O–H groups in total. The average Bonchev–Trinajstić information content (AvgIpc) is 2.57. The maximum Gasteiger partial charge on any atom is 0.260 e. The van der Waals surface area contributed by atoms with Gasteiger partial charge in [0, 0.05) is 4.90 Å². The highest BCUT2D eigenvalue weighted by molar-refractivity contribution is 7.99. The van der Waals surface area contributed by atoms with E-state index in [0.717, 1.165) is 11.5 Å². The van der Waals surface area contributed by atoms with Gasteiger partial charge in [-0.15, -0.1) is 0 Å². The zero-order chi connectivity index (χ0) is 12.4. The quantitative estimate of drug-likeness (QED) is 0.913. The van der Waals surface area contributed by atoms with Crippen molar-refractivity contribution in [3.8, 4) is 0 Å². The number of benzene rings is 1. The van der Waals surface area contributed by atoms with Crippen molar-refractivity contribution in [1.82, 2.24) is 4.98 Å². The van der Waals surface area contributed by atoms with Gasteiger partial charge in [0.15, 0.2) is 0 Å². The lowest BCUT2D eigenvalue weighted by Crippen LogP contribution is -1.86. The van der Waals surface area contributed by atoms with E-state index in [1.165, 1.54) is 23.9 Å². The summed E-state index contributed by atoms with van der Waals surface area (Å²) in [5.41, 5.74) is 1.36. The summed E-state index contributed by atoms with van der Waals surface area (Å²) in [5, 5.41) is 9.47. The summed E-state index contributed by atoms with van der Waals surface area (Å²) in [7, 11) is 0. The van der Waals surface area contributed by atoms with E-state index in [4.69, 9.17) is 9.52 Å². The molecule has 0 radical (unpaired) electrons. The van der Waals surface area contributed by atoms with Gasteiger partial charge in [0.05, 0.1) is 12.3 Å². The van der Waals surface area contributed by atoms with Crippen LogP contribution >= 0.6 is 11.8 Å². The predicted molar refractivity (Wildman–Crippen MR) is 62.4 cm³/mol. The van der Waals surface area contributed by atoms with Crippen LogP contribution in [0.3, 0.4) is 0 Å². The summed E-state index contributed by atoms with van der Waals surface area (Å²) < 4.78 is 18.6. The minimum absolute atomic E-state index is 0.186. The van der Waals surface area contributed by atoms with Gasteiger partial charge in [-0.2, -0.15) is 0 Å². The molecule has 1 aromatic heterocycles. The molecule has 0 aliphatic rings. The second-order valence-corrected chi connectivity index (χ2v) is 4.70. The molecule has 90 valence electrons.